The number of benzene rings is 1. The van der Waals surface area contributed by atoms with Crippen LogP contribution in [0.1, 0.15) is 44.2 Å². The van der Waals surface area contributed by atoms with E-state index in [4.69, 9.17) is 4.74 Å². The van der Waals surface area contributed by atoms with Gasteiger partial charge in [0.25, 0.3) is 0 Å². The van der Waals surface area contributed by atoms with Crippen LogP contribution in [-0.4, -0.2) is 11.5 Å². The van der Waals surface area contributed by atoms with Crippen LogP contribution < -0.4 is 10.1 Å². The van der Waals surface area contributed by atoms with E-state index in [1.807, 2.05) is 30.5 Å². The van der Waals surface area contributed by atoms with Crippen molar-refractivity contribution in [2.75, 3.05) is 6.54 Å². The lowest BCUT2D eigenvalue weighted by Crippen LogP contribution is -2.13. The molecule has 0 unspecified atom stereocenters. The molecule has 0 bridgehead atoms. The molecule has 1 N–H and O–H groups in total. The monoisotopic (exact) mass is 284 g/mol. The van der Waals surface area contributed by atoms with Crippen molar-refractivity contribution in [1.29, 1.82) is 0 Å². The molecule has 0 aliphatic heterocycles. The Bertz CT molecular complexity index is 567. The molecule has 1 aromatic carbocycles. The number of rotatable bonds is 7. The van der Waals surface area contributed by atoms with Gasteiger partial charge >= 0.3 is 0 Å². The summed E-state index contributed by atoms with van der Waals surface area (Å²) in [6.07, 6.45) is 4.77. The van der Waals surface area contributed by atoms with Gasteiger partial charge in [0, 0.05) is 12.7 Å². The molecular weight excluding hydrogens is 260 g/mol. The molecule has 0 saturated carbocycles. The van der Waals surface area contributed by atoms with E-state index < -0.39 is 0 Å². The first-order valence-electron chi connectivity index (χ1n) is 7.62. The van der Waals surface area contributed by atoms with Gasteiger partial charge < -0.3 is 10.1 Å². The molecule has 0 aliphatic carbocycles. The van der Waals surface area contributed by atoms with Gasteiger partial charge in [0.1, 0.15) is 11.5 Å². The Labute approximate surface area is 127 Å². The third-order valence-corrected chi connectivity index (χ3v) is 3.29. The number of hydrogen-bond acceptors (Lipinski definition) is 3. The Morgan fingerprint density at radius 1 is 1.19 bits per heavy atom. The molecule has 2 rings (SSSR count). The molecule has 2 aromatic rings. The Morgan fingerprint density at radius 2 is 2.00 bits per heavy atom. The molecule has 0 spiro atoms. The van der Waals surface area contributed by atoms with Crippen LogP contribution in [0.3, 0.4) is 0 Å². The minimum Gasteiger partial charge on any atom is -0.455 e. The first-order valence-corrected chi connectivity index (χ1v) is 7.62. The number of pyridine rings is 1. The maximum atomic E-state index is 6.03. The lowest BCUT2D eigenvalue weighted by Gasteiger charge is -2.14. The van der Waals surface area contributed by atoms with E-state index in [9.17, 15) is 0 Å². The van der Waals surface area contributed by atoms with Gasteiger partial charge in [-0.15, -0.1) is 0 Å². The SMILES string of the molecule is CCCNCc1cncc(Oc2ccccc2C(C)C)c1. The van der Waals surface area contributed by atoms with Gasteiger partial charge in [-0.25, -0.2) is 0 Å². The maximum absolute atomic E-state index is 6.03. The lowest BCUT2D eigenvalue weighted by atomic mass is 10.0. The van der Waals surface area contributed by atoms with Crippen molar-refractivity contribution in [3.05, 3.63) is 53.9 Å². The summed E-state index contributed by atoms with van der Waals surface area (Å²) in [6, 6.07) is 10.2. The average molecular weight is 284 g/mol. The van der Waals surface area contributed by atoms with Crippen molar-refractivity contribution in [1.82, 2.24) is 10.3 Å². The molecular formula is C18H24N2O. The number of aromatic nitrogens is 1. The van der Waals surface area contributed by atoms with E-state index in [0.29, 0.717) is 5.92 Å². The number of nitrogens with zero attached hydrogens (tertiary/aromatic N) is 1. The molecule has 21 heavy (non-hydrogen) atoms. The standard InChI is InChI=1S/C18H24N2O/c1-4-9-19-11-15-10-16(13-20-12-15)21-18-8-6-5-7-17(18)14(2)3/h5-8,10,12-14,19H,4,9,11H2,1-3H3. The normalized spacial score (nSPS) is 10.9. The highest BCUT2D eigenvalue weighted by Gasteiger charge is 2.08. The molecule has 112 valence electrons. The third-order valence-electron chi connectivity index (χ3n) is 3.29. The molecule has 0 amide bonds. The molecule has 3 nitrogen and oxygen atoms in total. The Morgan fingerprint density at radius 3 is 2.76 bits per heavy atom. The van der Waals surface area contributed by atoms with Crippen molar-refractivity contribution in [3.63, 3.8) is 0 Å². The minimum absolute atomic E-state index is 0.434. The molecule has 0 atom stereocenters. The van der Waals surface area contributed by atoms with E-state index in [1.165, 1.54) is 5.56 Å². The highest BCUT2D eigenvalue weighted by atomic mass is 16.5. The Kier molecular flexibility index (Phi) is 5.76. The highest BCUT2D eigenvalue weighted by molar-refractivity contribution is 5.39. The van der Waals surface area contributed by atoms with Gasteiger partial charge in [0.2, 0.25) is 0 Å². The number of nitrogens with one attached hydrogen (secondary N) is 1. The second-order valence-corrected chi connectivity index (χ2v) is 5.50. The van der Waals surface area contributed by atoms with E-state index >= 15 is 0 Å². The van der Waals surface area contributed by atoms with Crippen molar-refractivity contribution < 1.29 is 4.74 Å². The van der Waals surface area contributed by atoms with Crippen LogP contribution >= 0.6 is 0 Å². The fraction of sp³-hybridized carbons (Fsp3) is 0.389. The predicted octanol–water partition coefficient (Wildman–Crippen LogP) is 4.50. The van der Waals surface area contributed by atoms with Gasteiger partial charge in [-0.2, -0.15) is 0 Å². The molecule has 1 aromatic heterocycles. The summed E-state index contributed by atoms with van der Waals surface area (Å²) < 4.78 is 6.03. The summed E-state index contributed by atoms with van der Waals surface area (Å²) in [5, 5.41) is 3.38. The zero-order chi connectivity index (χ0) is 15.1. The maximum Gasteiger partial charge on any atom is 0.146 e. The van der Waals surface area contributed by atoms with Gasteiger partial charge in [-0.05, 0) is 42.1 Å². The van der Waals surface area contributed by atoms with Crippen LogP contribution in [0, 0.1) is 0 Å². The van der Waals surface area contributed by atoms with Gasteiger partial charge in [0.15, 0.2) is 0 Å². The largest absolute Gasteiger partial charge is 0.455 e. The zero-order valence-electron chi connectivity index (χ0n) is 13.1. The third kappa shape index (κ3) is 4.57. The van der Waals surface area contributed by atoms with Crippen molar-refractivity contribution in [3.8, 4) is 11.5 Å². The topological polar surface area (TPSA) is 34.2 Å². The Balaban J connectivity index is 2.11. The van der Waals surface area contributed by atoms with Crippen LogP contribution in [0.4, 0.5) is 0 Å². The smallest absolute Gasteiger partial charge is 0.146 e. The van der Waals surface area contributed by atoms with Crippen molar-refractivity contribution in [2.45, 2.75) is 39.7 Å². The predicted molar refractivity (Wildman–Crippen MR) is 86.8 cm³/mol. The first kappa shape index (κ1) is 15.5. The zero-order valence-corrected chi connectivity index (χ0v) is 13.1. The summed E-state index contributed by atoms with van der Waals surface area (Å²) in [5.74, 6) is 2.13. The number of ether oxygens (including phenoxy) is 1. The summed E-state index contributed by atoms with van der Waals surface area (Å²) in [5.41, 5.74) is 2.36. The molecule has 3 heteroatoms. The summed E-state index contributed by atoms with van der Waals surface area (Å²) in [4.78, 5) is 4.27. The molecule has 0 fully saturated rings. The van der Waals surface area contributed by atoms with Crippen LogP contribution in [0.2, 0.25) is 0 Å². The fourth-order valence-corrected chi connectivity index (χ4v) is 2.20. The van der Waals surface area contributed by atoms with Gasteiger partial charge in [-0.3, -0.25) is 4.98 Å². The molecule has 0 aliphatic rings. The van der Waals surface area contributed by atoms with E-state index in [0.717, 1.165) is 36.6 Å². The summed E-state index contributed by atoms with van der Waals surface area (Å²) in [7, 11) is 0. The van der Waals surface area contributed by atoms with Crippen molar-refractivity contribution >= 4 is 0 Å². The van der Waals surface area contributed by atoms with Crippen LogP contribution in [-0.2, 0) is 6.54 Å². The van der Waals surface area contributed by atoms with Gasteiger partial charge in [0.05, 0.1) is 6.20 Å². The molecule has 0 radical (unpaired) electrons. The van der Waals surface area contributed by atoms with Crippen molar-refractivity contribution in [2.24, 2.45) is 0 Å². The summed E-state index contributed by atoms with van der Waals surface area (Å²) in [6.45, 7) is 8.34. The fourth-order valence-electron chi connectivity index (χ4n) is 2.20. The van der Waals surface area contributed by atoms with E-state index in [-0.39, 0.29) is 0 Å². The molecule has 1 heterocycles. The number of para-hydroxylation sites is 1. The summed E-state index contributed by atoms with van der Waals surface area (Å²) >= 11 is 0. The number of hydrogen-bond donors (Lipinski definition) is 1. The quantitative estimate of drug-likeness (QED) is 0.760. The second kappa shape index (κ2) is 7.79. The second-order valence-electron chi connectivity index (χ2n) is 5.50. The van der Waals surface area contributed by atoms with E-state index in [2.05, 4.69) is 37.1 Å². The van der Waals surface area contributed by atoms with E-state index in [1.54, 1.807) is 6.20 Å². The Hall–Kier alpha value is -1.87. The lowest BCUT2D eigenvalue weighted by molar-refractivity contribution is 0.469. The molecule has 0 saturated heterocycles. The van der Waals surface area contributed by atoms with Crippen LogP contribution in [0.25, 0.3) is 0 Å². The first-order chi connectivity index (χ1) is 10.2. The highest BCUT2D eigenvalue weighted by Crippen LogP contribution is 2.30. The minimum atomic E-state index is 0.434. The van der Waals surface area contributed by atoms with Crippen LogP contribution in [0.15, 0.2) is 42.7 Å². The van der Waals surface area contributed by atoms with Gasteiger partial charge in [-0.1, -0.05) is 39.0 Å². The average Bonchev–Trinajstić information content (AvgIpc) is 2.48. The van der Waals surface area contributed by atoms with Crippen LogP contribution in [0.5, 0.6) is 11.5 Å².